The van der Waals surface area contributed by atoms with Crippen LogP contribution in [0, 0.1) is 13.8 Å². The van der Waals surface area contributed by atoms with Crippen LogP contribution >= 0.6 is 0 Å². The summed E-state index contributed by atoms with van der Waals surface area (Å²) in [5.41, 5.74) is 2.67. The zero-order valence-electron chi connectivity index (χ0n) is 11.2. The molecule has 0 aliphatic heterocycles. The molecule has 0 fully saturated rings. The van der Waals surface area contributed by atoms with Gasteiger partial charge >= 0.3 is 11.8 Å². The van der Waals surface area contributed by atoms with Crippen LogP contribution in [-0.4, -0.2) is 18.4 Å². The summed E-state index contributed by atoms with van der Waals surface area (Å²) in [7, 11) is 0. The van der Waals surface area contributed by atoms with Gasteiger partial charge in [-0.05, 0) is 37.5 Å². The van der Waals surface area contributed by atoms with Gasteiger partial charge in [0, 0.05) is 12.2 Å². The number of nitrogens with one attached hydrogen (secondary N) is 2. The van der Waals surface area contributed by atoms with E-state index in [-0.39, 0.29) is 0 Å². The summed E-state index contributed by atoms with van der Waals surface area (Å²) >= 11 is 0. The van der Waals surface area contributed by atoms with Crippen LogP contribution in [0.1, 0.15) is 30.9 Å². The van der Waals surface area contributed by atoms with Crippen LogP contribution in [0.15, 0.2) is 18.2 Å². The number of hydrogen-bond donors (Lipinski definition) is 2. The molecule has 0 saturated carbocycles. The van der Waals surface area contributed by atoms with Crippen LogP contribution in [0.3, 0.4) is 0 Å². The molecular formula is C14H20N2O2. The fourth-order valence-electron chi connectivity index (χ4n) is 1.51. The van der Waals surface area contributed by atoms with Crippen molar-refractivity contribution in [2.24, 2.45) is 0 Å². The Morgan fingerprint density at radius 1 is 1.17 bits per heavy atom. The molecule has 2 N–H and O–H groups in total. The smallest absolute Gasteiger partial charge is 0.313 e. The number of aryl methyl sites for hydroxylation is 2. The molecule has 98 valence electrons. The highest BCUT2D eigenvalue weighted by atomic mass is 16.2. The number of rotatable bonds is 4. The fourth-order valence-corrected chi connectivity index (χ4v) is 1.51. The Hall–Kier alpha value is -1.84. The van der Waals surface area contributed by atoms with E-state index in [9.17, 15) is 9.59 Å². The van der Waals surface area contributed by atoms with Crippen LogP contribution in [0.25, 0.3) is 0 Å². The number of anilines is 1. The average Bonchev–Trinajstić information content (AvgIpc) is 2.34. The molecule has 0 saturated heterocycles. The first-order valence-electron chi connectivity index (χ1n) is 6.21. The molecule has 4 nitrogen and oxygen atoms in total. The molecule has 18 heavy (non-hydrogen) atoms. The molecule has 0 spiro atoms. The van der Waals surface area contributed by atoms with E-state index < -0.39 is 11.8 Å². The van der Waals surface area contributed by atoms with Crippen molar-refractivity contribution in [2.75, 3.05) is 11.9 Å². The van der Waals surface area contributed by atoms with Crippen molar-refractivity contribution in [2.45, 2.75) is 33.6 Å². The molecule has 1 aromatic carbocycles. The van der Waals surface area contributed by atoms with Crippen molar-refractivity contribution in [3.8, 4) is 0 Å². The third-order valence-corrected chi connectivity index (χ3v) is 2.66. The molecule has 1 rings (SSSR count). The summed E-state index contributed by atoms with van der Waals surface area (Å²) in [5.74, 6) is -1.19. The summed E-state index contributed by atoms with van der Waals surface area (Å²) in [5, 5.41) is 5.21. The lowest BCUT2D eigenvalue weighted by atomic mass is 10.1. The summed E-state index contributed by atoms with van der Waals surface area (Å²) in [6, 6.07) is 5.73. The van der Waals surface area contributed by atoms with E-state index in [1.165, 1.54) is 0 Å². The molecule has 0 aliphatic rings. The summed E-state index contributed by atoms with van der Waals surface area (Å²) < 4.78 is 0. The highest BCUT2D eigenvalue weighted by Crippen LogP contribution is 2.15. The minimum absolute atomic E-state index is 0.537. The van der Waals surface area contributed by atoms with Gasteiger partial charge in [0.1, 0.15) is 0 Å². The van der Waals surface area contributed by atoms with Gasteiger partial charge < -0.3 is 10.6 Å². The molecule has 2 amide bonds. The largest absolute Gasteiger partial charge is 0.348 e. The van der Waals surface area contributed by atoms with E-state index in [4.69, 9.17) is 0 Å². The zero-order chi connectivity index (χ0) is 13.5. The second kappa shape index (κ2) is 6.79. The lowest BCUT2D eigenvalue weighted by molar-refractivity contribution is -0.136. The summed E-state index contributed by atoms with van der Waals surface area (Å²) in [6.07, 6.45) is 1.86. The highest BCUT2D eigenvalue weighted by molar-refractivity contribution is 6.39. The fraction of sp³-hybridized carbons (Fsp3) is 0.429. The Labute approximate surface area is 108 Å². The number of carbonyl (C=O) groups excluding carboxylic acids is 2. The molecule has 0 radical (unpaired) electrons. The van der Waals surface area contributed by atoms with E-state index in [2.05, 4.69) is 10.6 Å². The number of unbranched alkanes of at least 4 members (excludes halogenated alkanes) is 1. The molecule has 0 atom stereocenters. The number of amides is 2. The first-order chi connectivity index (χ1) is 8.54. The number of carbonyl (C=O) groups is 2. The van der Waals surface area contributed by atoms with E-state index >= 15 is 0 Å². The molecule has 0 unspecified atom stereocenters. The van der Waals surface area contributed by atoms with E-state index in [1.54, 1.807) is 0 Å². The van der Waals surface area contributed by atoms with Gasteiger partial charge in [0.15, 0.2) is 0 Å². The van der Waals surface area contributed by atoms with Crippen LogP contribution in [-0.2, 0) is 9.59 Å². The van der Waals surface area contributed by atoms with Crippen molar-refractivity contribution in [3.05, 3.63) is 29.3 Å². The Morgan fingerprint density at radius 3 is 2.56 bits per heavy atom. The quantitative estimate of drug-likeness (QED) is 0.633. The van der Waals surface area contributed by atoms with Crippen LogP contribution < -0.4 is 10.6 Å². The molecule has 0 aliphatic carbocycles. The van der Waals surface area contributed by atoms with Gasteiger partial charge in [-0.25, -0.2) is 0 Å². The van der Waals surface area contributed by atoms with Crippen molar-refractivity contribution in [3.63, 3.8) is 0 Å². The Bertz CT molecular complexity index is 441. The summed E-state index contributed by atoms with van der Waals surface area (Å²) in [6.45, 7) is 6.40. The van der Waals surface area contributed by atoms with Gasteiger partial charge in [-0.1, -0.05) is 25.5 Å². The predicted molar refractivity (Wildman–Crippen MR) is 72.5 cm³/mol. The van der Waals surface area contributed by atoms with Crippen LogP contribution in [0.4, 0.5) is 5.69 Å². The third kappa shape index (κ3) is 4.20. The maximum Gasteiger partial charge on any atom is 0.313 e. The first-order valence-corrected chi connectivity index (χ1v) is 6.21. The lowest BCUT2D eigenvalue weighted by Gasteiger charge is -2.09. The van der Waals surface area contributed by atoms with Gasteiger partial charge in [-0.3, -0.25) is 9.59 Å². The van der Waals surface area contributed by atoms with E-state index in [0.717, 1.165) is 24.0 Å². The highest BCUT2D eigenvalue weighted by Gasteiger charge is 2.13. The zero-order valence-corrected chi connectivity index (χ0v) is 11.2. The molecular weight excluding hydrogens is 228 g/mol. The maximum absolute atomic E-state index is 11.6. The number of hydrogen-bond acceptors (Lipinski definition) is 2. The molecule has 0 bridgehead atoms. The van der Waals surface area contributed by atoms with E-state index in [0.29, 0.717) is 12.2 Å². The second-order valence-corrected chi connectivity index (χ2v) is 4.38. The predicted octanol–water partition coefficient (Wildman–Crippen LogP) is 2.16. The van der Waals surface area contributed by atoms with Gasteiger partial charge in [0.2, 0.25) is 0 Å². The van der Waals surface area contributed by atoms with Gasteiger partial charge in [-0.15, -0.1) is 0 Å². The topological polar surface area (TPSA) is 58.2 Å². The van der Waals surface area contributed by atoms with Gasteiger partial charge in [0.05, 0.1) is 0 Å². The second-order valence-electron chi connectivity index (χ2n) is 4.38. The van der Waals surface area contributed by atoms with E-state index in [1.807, 2.05) is 39.0 Å². The van der Waals surface area contributed by atoms with Crippen molar-refractivity contribution < 1.29 is 9.59 Å². The van der Waals surface area contributed by atoms with Crippen molar-refractivity contribution in [1.82, 2.24) is 5.32 Å². The Balaban J connectivity index is 2.58. The Kier molecular flexibility index (Phi) is 5.36. The monoisotopic (exact) mass is 248 g/mol. The van der Waals surface area contributed by atoms with Crippen LogP contribution in [0.5, 0.6) is 0 Å². The molecule has 0 heterocycles. The van der Waals surface area contributed by atoms with Gasteiger partial charge in [0.25, 0.3) is 0 Å². The van der Waals surface area contributed by atoms with Crippen LogP contribution in [0.2, 0.25) is 0 Å². The average molecular weight is 248 g/mol. The number of benzene rings is 1. The SMILES string of the molecule is CCCCNC(=O)C(=O)Nc1cc(C)ccc1C. The minimum Gasteiger partial charge on any atom is -0.348 e. The Morgan fingerprint density at radius 2 is 1.89 bits per heavy atom. The van der Waals surface area contributed by atoms with Gasteiger partial charge in [-0.2, -0.15) is 0 Å². The maximum atomic E-state index is 11.6. The van der Waals surface area contributed by atoms with Crippen molar-refractivity contribution in [1.29, 1.82) is 0 Å². The molecule has 4 heteroatoms. The first kappa shape index (κ1) is 14.2. The molecule has 1 aromatic rings. The van der Waals surface area contributed by atoms with Crippen molar-refractivity contribution >= 4 is 17.5 Å². The summed E-state index contributed by atoms with van der Waals surface area (Å²) in [4.78, 5) is 23.1. The minimum atomic E-state index is -0.611. The third-order valence-electron chi connectivity index (χ3n) is 2.66. The lowest BCUT2D eigenvalue weighted by Crippen LogP contribution is -2.36. The molecule has 0 aromatic heterocycles. The normalized spacial score (nSPS) is 9.94. The standard InChI is InChI=1S/C14H20N2O2/c1-4-5-8-15-13(17)14(18)16-12-9-10(2)6-7-11(12)3/h6-7,9H,4-5,8H2,1-3H3,(H,15,17)(H,16,18).